The van der Waals surface area contributed by atoms with E-state index in [1.165, 1.54) is 32.4 Å². The first-order valence-electron chi connectivity index (χ1n) is 10.6. The molecule has 2 aromatic rings. The first-order chi connectivity index (χ1) is 15.5. The molecule has 0 bridgehead atoms. The number of hydrogen-bond acceptors (Lipinski definition) is 6. The van der Waals surface area contributed by atoms with Gasteiger partial charge < -0.3 is 9.47 Å². The Bertz CT molecular complexity index is 1040. The number of hydrogen-bond donors (Lipinski definition) is 1. The lowest BCUT2D eigenvalue weighted by molar-refractivity contribution is -0.119. The summed E-state index contributed by atoms with van der Waals surface area (Å²) < 4.78 is 38.5. The maximum absolute atomic E-state index is 13.5. The number of anilines is 1. The fourth-order valence-electron chi connectivity index (χ4n) is 3.57. The number of benzene rings is 2. The van der Waals surface area contributed by atoms with Crippen LogP contribution < -0.4 is 19.2 Å². The minimum atomic E-state index is -4.07. The van der Waals surface area contributed by atoms with E-state index in [1.54, 1.807) is 30.3 Å². The van der Waals surface area contributed by atoms with E-state index in [4.69, 9.17) is 9.47 Å². The Morgan fingerprint density at radius 3 is 2.25 bits per heavy atom. The average molecular weight is 460 g/mol. The number of hydrazone groups is 1. The van der Waals surface area contributed by atoms with Crippen molar-refractivity contribution >= 4 is 27.3 Å². The number of para-hydroxylation sites is 1. The van der Waals surface area contributed by atoms with Crippen LogP contribution in [0.1, 0.15) is 38.5 Å². The summed E-state index contributed by atoms with van der Waals surface area (Å²) in [7, 11) is -1.16. The molecular formula is C23H29N3O5S. The normalized spacial score (nSPS) is 14.2. The van der Waals surface area contributed by atoms with E-state index in [0.717, 1.165) is 48.5 Å². The lowest BCUT2D eigenvalue weighted by Gasteiger charge is -2.24. The fourth-order valence-corrected chi connectivity index (χ4v) is 5.01. The molecule has 32 heavy (non-hydrogen) atoms. The van der Waals surface area contributed by atoms with Crippen molar-refractivity contribution in [3.05, 3.63) is 48.5 Å². The van der Waals surface area contributed by atoms with Crippen LogP contribution in [0.25, 0.3) is 0 Å². The Kier molecular flexibility index (Phi) is 8.10. The monoisotopic (exact) mass is 459 g/mol. The molecule has 1 aliphatic rings. The van der Waals surface area contributed by atoms with Gasteiger partial charge in [-0.05, 0) is 49.9 Å². The SMILES string of the molecule is COc1ccc(S(=O)(=O)N(CC(=O)NN=C2CCCCCC2)c2ccccc2)cc1OC. The molecule has 2 aromatic carbocycles. The van der Waals surface area contributed by atoms with Gasteiger partial charge >= 0.3 is 0 Å². The summed E-state index contributed by atoms with van der Waals surface area (Å²) >= 11 is 0. The van der Waals surface area contributed by atoms with Crippen LogP contribution in [-0.2, 0) is 14.8 Å². The molecule has 0 radical (unpaired) electrons. The number of methoxy groups -OCH3 is 2. The summed E-state index contributed by atoms with van der Waals surface area (Å²) in [6.45, 7) is -0.405. The summed E-state index contributed by atoms with van der Waals surface area (Å²) in [5, 5.41) is 4.25. The van der Waals surface area contributed by atoms with Crippen molar-refractivity contribution < 1.29 is 22.7 Å². The highest BCUT2D eigenvalue weighted by atomic mass is 32.2. The third-order valence-electron chi connectivity index (χ3n) is 5.29. The number of nitrogens with one attached hydrogen (secondary N) is 1. The third-order valence-corrected chi connectivity index (χ3v) is 7.06. The Hall–Kier alpha value is -3.07. The molecule has 1 saturated carbocycles. The number of nitrogens with zero attached hydrogens (tertiary/aromatic N) is 2. The standard InChI is InChI=1S/C23H29N3O5S/c1-30-21-15-14-20(16-22(21)31-2)32(28,29)26(19-12-8-5-9-13-19)17-23(27)25-24-18-10-6-3-4-7-11-18/h5,8-9,12-16H,3-4,6-7,10-11,17H2,1-2H3,(H,25,27). The topological polar surface area (TPSA) is 97.3 Å². The second kappa shape index (κ2) is 11.0. The number of sulfonamides is 1. The zero-order valence-corrected chi connectivity index (χ0v) is 19.2. The van der Waals surface area contributed by atoms with E-state index in [0.29, 0.717) is 11.4 Å². The fraction of sp³-hybridized carbons (Fsp3) is 0.391. The first kappa shape index (κ1) is 23.6. The third kappa shape index (κ3) is 5.79. The molecule has 9 heteroatoms. The maximum atomic E-state index is 13.5. The Morgan fingerprint density at radius 1 is 0.969 bits per heavy atom. The van der Waals surface area contributed by atoms with Crippen molar-refractivity contribution in [2.45, 2.75) is 43.4 Å². The molecule has 1 fully saturated rings. The van der Waals surface area contributed by atoms with E-state index >= 15 is 0 Å². The number of amides is 1. The quantitative estimate of drug-likeness (QED) is 0.479. The van der Waals surface area contributed by atoms with Gasteiger partial charge in [-0.3, -0.25) is 9.10 Å². The van der Waals surface area contributed by atoms with Crippen LogP contribution in [0.2, 0.25) is 0 Å². The molecule has 0 aliphatic heterocycles. The van der Waals surface area contributed by atoms with E-state index in [2.05, 4.69) is 10.5 Å². The van der Waals surface area contributed by atoms with Crippen molar-refractivity contribution in [1.82, 2.24) is 5.43 Å². The van der Waals surface area contributed by atoms with E-state index in [9.17, 15) is 13.2 Å². The largest absolute Gasteiger partial charge is 0.493 e. The molecule has 0 saturated heterocycles. The molecule has 172 valence electrons. The second-order valence-corrected chi connectivity index (χ2v) is 9.35. The van der Waals surface area contributed by atoms with Gasteiger partial charge in [0.25, 0.3) is 15.9 Å². The van der Waals surface area contributed by atoms with Gasteiger partial charge in [-0.1, -0.05) is 31.0 Å². The van der Waals surface area contributed by atoms with Crippen LogP contribution in [0.15, 0.2) is 58.5 Å². The van der Waals surface area contributed by atoms with Crippen molar-refractivity contribution in [3.8, 4) is 11.5 Å². The molecular weight excluding hydrogens is 430 g/mol. The summed E-state index contributed by atoms with van der Waals surface area (Å²) in [5.74, 6) is 0.190. The molecule has 0 heterocycles. The van der Waals surface area contributed by atoms with E-state index in [-0.39, 0.29) is 10.6 Å². The first-order valence-corrected chi connectivity index (χ1v) is 12.0. The minimum Gasteiger partial charge on any atom is -0.493 e. The highest BCUT2D eigenvalue weighted by Crippen LogP contribution is 2.32. The highest BCUT2D eigenvalue weighted by Gasteiger charge is 2.28. The minimum absolute atomic E-state index is 0.0121. The maximum Gasteiger partial charge on any atom is 0.264 e. The summed E-state index contributed by atoms with van der Waals surface area (Å²) in [6, 6.07) is 12.8. The van der Waals surface area contributed by atoms with Crippen LogP contribution in [-0.4, -0.2) is 40.8 Å². The van der Waals surface area contributed by atoms with Gasteiger partial charge in [-0.25, -0.2) is 13.8 Å². The van der Waals surface area contributed by atoms with Gasteiger partial charge in [-0.15, -0.1) is 0 Å². The smallest absolute Gasteiger partial charge is 0.264 e. The van der Waals surface area contributed by atoms with E-state index in [1.807, 2.05) is 0 Å². The van der Waals surface area contributed by atoms with Crippen molar-refractivity contribution in [2.24, 2.45) is 5.10 Å². The average Bonchev–Trinajstić information content (AvgIpc) is 3.10. The van der Waals surface area contributed by atoms with Crippen molar-refractivity contribution in [2.75, 3.05) is 25.1 Å². The molecule has 0 spiro atoms. The van der Waals surface area contributed by atoms with Gasteiger partial charge in [0.1, 0.15) is 6.54 Å². The van der Waals surface area contributed by atoms with Crippen LogP contribution in [0, 0.1) is 0 Å². The second-order valence-electron chi connectivity index (χ2n) is 7.49. The van der Waals surface area contributed by atoms with Crippen molar-refractivity contribution in [3.63, 3.8) is 0 Å². The molecule has 3 rings (SSSR count). The van der Waals surface area contributed by atoms with Gasteiger partial charge in [0.2, 0.25) is 0 Å². The Morgan fingerprint density at radius 2 is 1.62 bits per heavy atom. The van der Waals surface area contributed by atoms with Gasteiger partial charge in [0.05, 0.1) is 24.8 Å². The van der Waals surface area contributed by atoms with Gasteiger partial charge in [-0.2, -0.15) is 5.10 Å². The van der Waals surface area contributed by atoms with Gasteiger partial charge in [0.15, 0.2) is 11.5 Å². The molecule has 1 amide bonds. The number of carbonyl (C=O) groups excluding carboxylic acids is 1. The molecule has 1 aliphatic carbocycles. The lowest BCUT2D eigenvalue weighted by atomic mass is 10.2. The molecule has 0 unspecified atom stereocenters. The Labute approximate surface area is 189 Å². The van der Waals surface area contributed by atoms with E-state index < -0.39 is 22.5 Å². The van der Waals surface area contributed by atoms with Gasteiger partial charge in [0, 0.05) is 11.8 Å². The predicted molar refractivity (Wildman–Crippen MR) is 124 cm³/mol. The molecule has 0 atom stereocenters. The molecule has 1 N–H and O–H groups in total. The number of rotatable bonds is 8. The molecule has 0 aromatic heterocycles. The number of carbonyl (C=O) groups is 1. The lowest BCUT2D eigenvalue weighted by Crippen LogP contribution is -2.39. The van der Waals surface area contributed by atoms with Crippen LogP contribution in [0.4, 0.5) is 5.69 Å². The highest BCUT2D eigenvalue weighted by molar-refractivity contribution is 7.92. The van der Waals surface area contributed by atoms with Crippen LogP contribution in [0.3, 0.4) is 0 Å². The van der Waals surface area contributed by atoms with Crippen LogP contribution >= 0.6 is 0 Å². The summed E-state index contributed by atoms with van der Waals surface area (Å²) in [4.78, 5) is 12.7. The van der Waals surface area contributed by atoms with Crippen molar-refractivity contribution in [1.29, 1.82) is 0 Å². The number of ether oxygens (including phenoxy) is 2. The summed E-state index contributed by atoms with van der Waals surface area (Å²) in [6.07, 6.45) is 6.15. The molecule has 8 nitrogen and oxygen atoms in total. The zero-order chi connectivity index (χ0) is 23.0. The Balaban J connectivity index is 1.87. The van der Waals surface area contributed by atoms with Crippen LogP contribution in [0.5, 0.6) is 11.5 Å². The summed E-state index contributed by atoms with van der Waals surface area (Å²) in [5.41, 5.74) is 3.87. The zero-order valence-electron chi connectivity index (χ0n) is 18.4. The predicted octanol–water partition coefficient (Wildman–Crippen LogP) is 3.73.